The van der Waals surface area contributed by atoms with Crippen molar-refractivity contribution in [2.45, 2.75) is 12.9 Å². The molecule has 0 aliphatic heterocycles. The summed E-state index contributed by atoms with van der Waals surface area (Å²) >= 11 is 0. The number of alkyl halides is 3. The number of hydrazine groups is 1. The molecule has 0 aliphatic carbocycles. The molecule has 146 valence electrons. The number of imidazole rings is 1. The highest BCUT2D eigenvalue weighted by Gasteiger charge is 2.30. The van der Waals surface area contributed by atoms with Crippen LogP contribution in [0.5, 0.6) is 5.75 Å². The van der Waals surface area contributed by atoms with Crippen LogP contribution in [-0.4, -0.2) is 26.9 Å². The summed E-state index contributed by atoms with van der Waals surface area (Å²) in [4.78, 5) is 20.0. The predicted molar refractivity (Wildman–Crippen MR) is 93.5 cm³/mol. The first-order valence-electron chi connectivity index (χ1n) is 7.98. The monoisotopic (exact) mass is 392 g/mol. The maximum absolute atomic E-state index is 12.1. The van der Waals surface area contributed by atoms with Crippen molar-refractivity contribution in [1.82, 2.24) is 25.3 Å². The Labute approximate surface area is 157 Å². The van der Waals surface area contributed by atoms with Gasteiger partial charge in [0.1, 0.15) is 17.9 Å². The Kier molecular flexibility index (Phi) is 5.63. The van der Waals surface area contributed by atoms with Crippen molar-refractivity contribution in [1.29, 1.82) is 0 Å². The Hall–Kier alpha value is -3.76. The van der Waals surface area contributed by atoms with Gasteiger partial charge in [0.05, 0.1) is 5.69 Å². The maximum Gasteiger partial charge on any atom is 0.573 e. The number of carbonyl (C=O) groups excluding carboxylic acids is 1. The molecule has 0 radical (unpaired) electrons. The number of benzene rings is 1. The summed E-state index contributed by atoms with van der Waals surface area (Å²) in [5.41, 5.74) is 6.12. The second kappa shape index (κ2) is 8.29. The number of rotatable bonds is 6. The first kappa shape index (κ1) is 19.0. The Bertz CT molecular complexity index is 896. The van der Waals surface area contributed by atoms with Gasteiger partial charge in [-0.2, -0.15) is 0 Å². The molecule has 0 fully saturated rings. The molecule has 11 heteroatoms. The van der Waals surface area contributed by atoms with E-state index in [4.69, 9.17) is 0 Å². The van der Waals surface area contributed by atoms with Crippen LogP contribution in [0.4, 0.5) is 23.7 Å². The van der Waals surface area contributed by atoms with Crippen LogP contribution >= 0.6 is 0 Å². The van der Waals surface area contributed by atoms with Crippen LogP contribution < -0.4 is 20.9 Å². The first-order valence-corrected chi connectivity index (χ1v) is 7.98. The highest BCUT2D eigenvalue weighted by molar-refractivity contribution is 5.75. The van der Waals surface area contributed by atoms with Gasteiger partial charge in [0, 0.05) is 25.1 Å². The molecule has 3 aromatic rings. The number of amides is 2. The number of pyridine rings is 1. The molecule has 0 unspecified atom stereocenters. The maximum atomic E-state index is 12.1. The van der Waals surface area contributed by atoms with Gasteiger partial charge in [0.2, 0.25) is 0 Å². The van der Waals surface area contributed by atoms with Crippen LogP contribution in [0.25, 0.3) is 5.82 Å². The summed E-state index contributed by atoms with van der Waals surface area (Å²) < 4.78 is 41.8. The van der Waals surface area contributed by atoms with Crippen LogP contribution in [0.3, 0.4) is 0 Å². The van der Waals surface area contributed by atoms with Gasteiger partial charge in [-0.05, 0) is 35.9 Å². The Morgan fingerprint density at radius 3 is 2.54 bits per heavy atom. The largest absolute Gasteiger partial charge is 0.573 e. The van der Waals surface area contributed by atoms with E-state index in [9.17, 15) is 18.0 Å². The standard InChI is InChI=1S/C17H15F3N6O2/c18-17(19,20)28-14-4-2-13(3-5-14)24-25-16(27)23-10-12-1-6-15(22-9-12)26-8-7-21-11-26/h1-9,11,24H,10H2,(H2,23,25,27). The third-order valence-electron chi connectivity index (χ3n) is 3.44. The fourth-order valence-electron chi connectivity index (χ4n) is 2.16. The van der Waals surface area contributed by atoms with Crippen LogP contribution in [0.15, 0.2) is 61.3 Å². The number of urea groups is 1. The summed E-state index contributed by atoms with van der Waals surface area (Å²) in [5, 5.41) is 2.62. The van der Waals surface area contributed by atoms with E-state index in [-0.39, 0.29) is 12.3 Å². The van der Waals surface area contributed by atoms with E-state index in [1.165, 1.54) is 12.1 Å². The molecular formula is C17H15F3N6O2. The lowest BCUT2D eigenvalue weighted by Gasteiger charge is -2.12. The summed E-state index contributed by atoms with van der Waals surface area (Å²) in [7, 11) is 0. The zero-order valence-corrected chi connectivity index (χ0v) is 14.3. The number of halogens is 3. The Morgan fingerprint density at radius 1 is 1.14 bits per heavy atom. The molecule has 0 atom stereocenters. The zero-order valence-electron chi connectivity index (χ0n) is 14.3. The van der Waals surface area contributed by atoms with Crippen LogP contribution in [0, 0.1) is 0 Å². The van der Waals surface area contributed by atoms with Gasteiger partial charge in [0.15, 0.2) is 0 Å². The number of ether oxygens (including phenoxy) is 1. The zero-order chi connectivity index (χ0) is 20.0. The SMILES string of the molecule is O=C(NCc1ccc(-n2ccnc2)nc1)NNc1ccc(OC(F)(F)F)cc1. The van der Waals surface area contributed by atoms with Crippen molar-refractivity contribution in [3.8, 4) is 11.6 Å². The second-order valence-electron chi connectivity index (χ2n) is 5.50. The van der Waals surface area contributed by atoms with Gasteiger partial charge in [-0.1, -0.05) is 6.07 Å². The molecule has 2 amide bonds. The lowest BCUT2D eigenvalue weighted by atomic mass is 10.3. The molecule has 0 saturated carbocycles. The second-order valence-corrected chi connectivity index (χ2v) is 5.50. The molecule has 3 rings (SSSR count). The van der Waals surface area contributed by atoms with E-state index in [2.05, 4.69) is 30.9 Å². The number of nitrogens with one attached hydrogen (secondary N) is 3. The van der Waals surface area contributed by atoms with E-state index >= 15 is 0 Å². The molecule has 0 aliphatic rings. The Balaban J connectivity index is 1.43. The third kappa shape index (κ3) is 5.62. The molecular weight excluding hydrogens is 377 g/mol. The van der Waals surface area contributed by atoms with E-state index in [0.717, 1.165) is 17.7 Å². The highest BCUT2D eigenvalue weighted by atomic mass is 19.4. The smallest absolute Gasteiger partial charge is 0.406 e. The predicted octanol–water partition coefficient (Wildman–Crippen LogP) is 2.99. The normalized spacial score (nSPS) is 11.0. The minimum Gasteiger partial charge on any atom is -0.406 e. The van der Waals surface area contributed by atoms with E-state index < -0.39 is 12.4 Å². The van der Waals surface area contributed by atoms with Gasteiger partial charge >= 0.3 is 12.4 Å². The Morgan fingerprint density at radius 2 is 1.93 bits per heavy atom. The quantitative estimate of drug-likeness (QED) is 0.561. The number of carbonyl (C=O) groups is 1. The highest BCUT2D eigenvalue weighted by Crippen LogP contribution is 2.23. The van der Waals surface area contributed by atoms with Gasteiger partial charge in [-0.25, -0.2) is 14.8 Å². The van der Waals surface area contributed by atoms with Crippen LogP contribution in [-0.2, 0) is 6.54 Å². The summed E-state index contributed by atoms with van der Waals surface area (Å²) in [6, 6.07) is 8.01. The van der Waals surface area contributed by atoms with Crippen molar-refractivity contribution in [2.24, 2.45) is 0 Å². The lowest BCUT2D eigenvalue weighted by molar-refractivity contribution is -0.274. The number of hydrogen-bond acceptors (Lipinski definition) is 5. The summed E-state index contributed by atoms with van der Waals surface area (Å²) in [6.45, 7) is 0.239. The molecule has 2 aromatic heterocycles. The topological polar surface area (TPSA) is 93.1 Å². The molecule has 8 nitrogen and oxygen atoms in total. The van der Waals surface area contributed by atoms with Crippen molar-refractivity contribution >= 4 is 11.7 Å². The van der Waals surface area contributed by atoms with Gasteiger partial charge in [0.25, 0.3) is 0 Å². The van der Waals surface area contributed by atoms with Crippen molar-refractivity contribution in [3.63, 3.8) is 0 Å². The average Bonchev–Trinajstić information content (AvgIpc) is 3.20. The molecule has 2 heterocycles. The lowest BCUT2D eigenvalue weighted by Crippen LogP contribution is -2.38. The molecule has 0 saturated heterocycles. The average molecular weight is 392 g/mol. The van der Waals surface area contributed by atoms with Crippen molar-refractivity contribution < 1.29 is 22.7 Å². The van der Waals surface area contributed by atoms with E-state index in [1.54, 1.807) is 35.6 Å². The van der Waals surface area contributed by atoms with Crippen LogP contribution in [0.1, 0.15) is 5.56 Å². The van der Waals surface area contributed by atoms with E-state index in [0.29, 0.717) is 11.5 Å². The van der Waals surface area contributed by atoms with Crippen molar-refractivity contribution in [2.75, 3.05) is 5.43 Å². The number of aromatic nitrogens is 3. The number of hydrogen-bond donors (Lipinski definition) is 3. The minimum atomic E-state index is -4.75. The van der Waals surface area contributed by atoms with Crippen molar-refractivity contribution in [3.05, 3.63) is 66.9 Å². The third-order valence-corrected chi connectivity index (χ3v) is 3.44. The van der Waals surface area contributed by atoms with E-state index in [1.807, 2.05) is 6.07 Å². The first-order chi connectivity index (χ1) is 13.4. The molecule has 3 N–H and O–H groups in total. The van der Waals surface area contributed by atoms with Crippen LogP contribution in [0.2, 0.25) is 0 Å². The molecule has 0 bridgehead atoms. The minimum absolute atomic E-state index is 0.239. The summed E-state index contributed by atoms with van der Waals surface area (Å²) in [6.07, 6.45) is 1.91. The summed E-state index contributed by atoms with van der Waals surface area (Å²) in [5.74, 6) is 0.347. The number of anilines is 1. The number of nitrogens with zero attached hydrogens (tertiary/aromatic N) is 3. The molecule has 28 heavy (non-hydrogen) atoms. The fourth-order valence-corrected chi connectivity index (χ4v) is 2.16. The van der Waals surface area contributed by atoms with Gasteiger partial charge < -0.3 is 10.1 Å². The molecule has 1 aromatic carbocycles. The fraction of sp³-hybridized carbons (Fsp3) is 0.118. The van der Waals surface area contributed by atoms with Gasteiger partial charge in [-0.15, -0.1) is 13.2 Å². The molecule has 0 spiro atoms. The van der Waals surface area contributed by atoms with Gasteiger partial charge in [-0.3, -0.25) is 15.4 Å².